The molecule has 2 aliphatic heterocycles. The van der Waals surface area contributed by atoms with Gasteiger partial charge in [0.15, 0.2) is 0 Å². The Labute approximate surface area is 143 Å². The summed E-state index contributed by atoms with van der Waals surface area (Å²) in [5, 5.41) is 0. The van der Waals surface area contributed by atoms with Crippen molar-refractivity contribution in [3.8, 4) is 0 Å². The van der Waals surface area contributed by atoms with E-state index < -0.39 is 0 Å². The zero-order chi connectivity index (χ0) is 16.9. The Hall–Kier alpha value is -1.58. The number of allylic oxidation sites excluding steroid dienone is 1. The number of hydrogen-bond acceptors (Lipinski definition) is 4. The molecule has 0 unspecified atom stereocenters. The molecule has 4 atom stereocenters. The van der Waals surface area contributed by atoms with E-state index in [1.807, 2.05) is 0 Å². The molecule has 4 aliphatic rings. The molecule has 2 fully saturated rings. The number of ether oxygens (including phenoxy) is 2. The molecule has 0 radical (unpaired) electrons. The summed E-state index contributed by atoms with van der Waals surface area (Å²) in [5.41, 5.74) is 2.17. The Morgan fingerprint density at radius 2 is 2.08 bits per heavy atom. The fourth-order valence-electron chi connectivity index (χ4n) is 5.70. The molecule has 4 rings (SSSR count). The summed E-state index contributed by atoms with van der Waals surface area (Å²) >= 11 is 0. The highest BCUT2D eigenvalue weighted by molar-refractivity contribution is 5.92. The summed E-state index contributed by atoms with van der Waals surface area (Å²) in [6.45, 7) is 5.77. The van der Waals surface area contributed by atoms with Crippen LogP contribution in [0.2, 0.25) is 0 Å². The third kappa shape index (κ3) is 2.18. The van der Waals surface area contributed by atoms with E-state index in [9.17, 15) is 9.59 Å². The summed E-state index contributed by atoms with van der Waals surface area (Å²) in [5.74, 6) is 0.802. The van der Waals surface area contributed by atoms with Crippen LogP contribution in [0.4, 0.5) is 0 Å². The topological polar surface area (TPSA) is 52.6 Å². The smallest absolute Gasteiger partial charge is 0.334 e. The molecular formula is C20H26O4. The van der Waals surface area contributed by atoms with Gasteiger partial charge in [0.25, 0.3) is 0 Å². The molecule has 0 N–H and O–H groups in total. The van der Waals surface area contributed by atoms with Gasteiger partial charge in [-0.05, 0) is 61.3 Å². The second kappa shape index (κ2) is 5.47. The van der Waals surface area contributed by atoms with Gasteiger partial charge in [0, 0.05) is 17.1 Å². The normalized spacial score (nSPS) is 41.1. The van der Waals surface area contributed by atoms with Crippen LogP contribution in [0.15, 0.2) is 23.3 Å². The Bertz CT molecular complexity index is 646. The van der Waals surface area contributed by atoms with Gasteiger partial charge in [-0.25, -0.2) is 9.59 Å². The SMILES string of the molecule is C[C@@H]1CC[C@@]23COC(=O)C2=CCC[C@H]3[C@@]1(C)CCC1=CC(=O)OC1. The van der Waals surface area contributed by atoms with Crippen LogP contribution in [-0.4, -0.2) is 25.2 Å². The summed E-state index contributed by atoms with van der Waals surface area (Å²) in [7, 11) is 0. The van der Waals surface area contributed by atoms with Gasteiger partial charge >= 0.3 is 11.9 Å². The highest BCUT2D eigenvalue weighted by Crippen LogP contribution is 2.63. The van der Waals surface area contributed by atoms with Crippen LogP contribution >= 0.6 is 0 Å². The summed E-state index contributed by atoms with van der Waals surface area (Å²) in [6.07, 6.45) is 10.1. The van der Waals surface area contributed by atoms with E-state index in [1.165, 1.54) is 0 Å². The quantitative estimate of drug-likeness (QED) is 0.742. The zero-order valence-electron chi connectivity index (χ0n) is 14.6. The average Bonchev–Trinajstić information content (AvgIpc) is 3.13. The minimum absolute atomic E-state index is 0.0625. The van der Waals surface area contributed by atoms with E-state index in [1.54, 1.807) is 6.08 Å². The van der Waals surface area contributed by atoms with Gasteiger partial charge in [0.05, 0.1) is 0 Å². The van der Waals surface area contributed by atoms with Crippen molar-refractivity contribution < 1.29 is 19.1 Å². The monoisotopic (exact) mass is 330 g/mol. The molecule has 130 valence electrons. The molecule has 2 heterocycles. The maximum Gasteiger partial charge on any atom is 0.334 e. The van der Waals surface area contributed by atoms with Crippen LogP contribution < -0.4 is 0 Å². The second-order valence-corrected chi connectivity index (χ2v) is 8.34. The fraction of sp³-hybridized carbons (Fsp3) is 0.700. The van der Waals surface area contributed by atoms with Crippen LogP contribution in [0, 0.1) is 22.7 Å². The van der Waals surface area contributed by atoms with Gasteiger partial charge in [0.1, 0.15) is 13.2 Å². The van der Waals surface area contributed by atoms with Crippen molar-refractivity contribution in [2.45, 2.75) is 52.4 Å². The number of esters is 2. The van der Waals surface area contributed by atoms with Gasteiger partial charge in [-0.3, -0.25) is 0 Å². The number of cyclic esters (lactones) is 2. The van der Waals surface area contributed by atoms with Crippen LogP contribution in [0.25, 0.3) is 0 Å². The van der Waals surface area contributed by atoms with Crippen molar-refractivity contribution >= 4 is 11.9 Å². The van der Waals surface area contributed by atoms with E-state index in [-0.39, 0.29) is 22.8 Å². The van der Waals surface area contributed by atoms with E-state index in [0.717, 1.165) is 49.7 Å². The first kappa shape index (κ1) is 15.9. The van der Waals surface area contributed by atoms with Crippen molar-refractivity contribution in [3.63, 3.8) is 0 Å². The molecule has 0 aromatic heterocycles. The van der Waals surface area contributed by atoms with Crippen LogP contribution in [0.3, 0.4) is 0 Å². The van der Waals surface area contributed by atoms with Crippen molar-refractivity contribution in [1.82, 2.24) is 0 Å². The third-order valence-corrected chi connectivity index (χ3v) is 7.34. The highest BCUT2D eigenvalue weighted by atomic mass is 16.5. The van der Waals surface area contributed by atoms with Gasteiger partial charge < -0.3 is 9.47 Å². The fourth-order valence-corrected chi connectivity index (χ4v) is 5.70. The number of carbonyl (C=O) groups is 2. The predicted octanol–water partition coefficient (Wildman–Crippen LogP) is 3.57. The first-order valence-corrected chi connectivity index (χ1v) is 9.20. The maximum atomic E-state index is 12.2. The van der Waals surface area contributed by atoms with Crippen molar-refractivity contribution in [3.05, 3.63) is 23.3 Å². The first-order valence-electron chi connectivity index (χ1n) is 9.20. The third-order valence-electron chi connectivity index (χ3n) is 7.34. The highest BCUT2D eigenvalue weighted by Gasteiger charge is 2.60. The summed E-state index contributed by atoms with van der Waals surface area (Å²) in [6, 6.07) is 0. The van der Waals surface area contributed by atoms with Crippen molar-refractivity contribution in [1.29, 1.82) is 0 Å². The number of hydrogen-bond donors (Lipinski definition) is 0. The molecule has 24 heavy (non-hydrogen) atoms. The Morgan fingerprint density at radius 1 is 1.25 bits per heavy atom. The van der Waals surface area contributed by atoms with Gasteiger partial charge in [-0.1, -0.05) is 19.9 Å². The maximum absolute atomic E-state index is 12.2. The Kier molecular flexibility index (Phi) is 3.63. The van der Waals surface area contributed by atoms with Crippen LogP contribution in [0.1, 0.15) is 52.4 Å². The van der Waals surface area contributed by atoms with Crippen LogP contribution in [-0.2, 0) is 19.1 Å². The van der Waals surface area contributed by atoms with E-state index in [0.29, 0.717) is 25.0 Å². The number of carbonyl (C=O) groups excluding carboxylic acids is 2. The lowest BCUT2D eigenvalue weighted by molar-refractivity contribution is -0.136. The molecule has 0 aromatic rings. The Balaban J connectivity index is 1.61. The summed E-state index contributed by atoms with van der Waals surface area (Å²) < 4.78 is 10.5. The molecule has 0 amide bonds. The molecule has 2 aliphatic carbocycles. The molecule has 0 bridgehead atoms. The minimum Gasteiger partial charge on any atom is -0.461 e. The first-order chi connectivity index (χ1) is 11.5. The lowest BCUT2D eigenvalue weighted by atomic mass is 9.47. The van der Waals surface area contributed by atoms with E-state index in [2.05, 4.69) is 19.9 Å². The molecular weight excluding hydrogens is 304 g/mol. The van der Waals surface area contributed by atoms with E-state index >= 15 is 0 Å². The standard InChI is InChI=1S/C20H26O4/c1-13-6-9-20-12-24-18(22)15(20)4-3-5-16(20)19(13,2)8-7-14-10-17(21)23-11-14/h4,10,13,16H,3,5-9,11-12H2,1-2H3/t13-,16+,19+,20-/m1/s1. The molecule has 0 aromatic carbocycles. The van der Waals surface area contributed by atoms with Gasteiger partial charge in [-0.2, -0.15) is 0 Å². The molecule has 1 spiro atoms. The van der Waals surface area contributed by atoms with E-state index in [4.69, 9.17) is 9.47 Å². The van der Waals surface area contributed by atoms with Crippen molar-refractivity contribution in [2.75, 3.05) is 13.2 Å². The predicted molar refractivity (Wildman–Crippen MR) is 89.0 cm³/mol. The average molecular weight is 330 g/mol. The molecule has 1 saturated carbocycles. The zero-order valence-corrected chi connectivity index (χ0v) is 14.6. The molecule has 4 heteroatoms. The largest absolute Gasteiger partial charge is 0.461 e. The van der Waals surface area contributed by atoms with Crippen molar-refractivity contribution in [2.24, 2.45) is 22.7 Å². The molecule has 4 nitrogen and oxygen atoms in total. The lowest BCUT2D eigenvalue weighted by Crippen LogP contribution is -2.51. The van der Waals surface area contributed by atoms with Crippen LogP contribution in [0.5, 0.6) is 0 Å². The second-order valence-electron chi connectivity index (χ2n) is 8.34. The minimum atomic E-state index is -0.207. The lowest BCUT2D eigenvalue weighted by Gasteiger charge is -2.56. The molecule has 1 saturated heterocycles. The van der Waals surface area contributed by atoms with Gasteiger partial charge in [-0.15, -0.1) is 0 Å². The number of rotatable bonds is 3. The Morgan fingerprint density at radius 3 is 2.83 bits per heavy atom. The summed E-state index contributed by atoms with van der Waals surface area (Å²) in [4.78, 5) is 23.5. The van der Waals surface area contributed by atoms with Gasteiger partial charge in [0.2, 0.25) is 0 Å².